The molecule has 2 aliphatic heterocycles. The number of nitrogens with zero attached hydrogens (tertiary/aromatic N) is 5. The highest BCUT2D eigenvalue weighted by atomic mass is 19.3. The van der Waals surface area contributed by atoms with E-state index in [9.17, 15) is 13.6 Å². The Balaban J connectivity index is 0.000000306. The Kier molecular flexibility index (Phi) is 10.9. The number of unbranched alkanes of at least 4 members (excludes halogenated alkanes) is 1. The van der Waals surface area contributed by atoms with E-state index in [0.717, 1.165) is 41.6 Å². The molecule has 2 saturated heterocycles. The largest absolute Gasteiger partial charge is 0.356 e. The van der Waals surface area contributed by atoms with Gasteiger partial charge in [-0.15, -0.1) is 0 Å². The zero-order valence-electron chi connectivity index (χ0n) is 24.5. The molecular weight excluding hydrogens is 510 g/mol. The second-order valence-electron chi connectivity index (χ2n) is 10.8. The van der Waals surface area contributed by atoms with E-state index >= 15 is 0 Å². The zero-order chi connectivity index (χ0) is 29.3. The van der Waals surface area contributed by atoms with Gasteiger partial charge in [-0.3, -0.25) is 9.89 Å². The number of anilines is 1. The predicted molar refractivity (Wildman–Crippen MR) is 158 cm³/mol. The number of aromatic nitrogens is 4. The molecule has 0 aliphatic carbocycles. The van der Waals surface area contributed by atoms with Crippen LogP contribution in [0, 0.1) is 13.8 Å². The van der Waals surface area contributed by atoms with Gasteiger partial charge in [0.15, 0.2) is 5.82 Å². The highest BCUT2D eigenvalue weighted by molar-refractivity contribution is 5.64. The Morgan fingerprint density at radius 3 is 2.40 bits per heavy atom. The molecule has 0 bridgehead atoms. The lowest BCUT2D eigenvalue weighted by molar-refractivity contribution is -0.153. The second-order valence-corrected chi connectivity index (χ2v) is 10.8. The maximum absolute atomic E-state index is 11.8. The molecule has 7 nitrogen and oxygen atoms in total. The Bertz CT molecular complexity index is 1270. The third-order valence-corrected chi connectivity index (χ3v) is 6.95. The Morgan fingerprint density at radius 2 is 1.88 bits per heavy atom. The smallest absolute Gasteiger partial charge is 0.282 e. The number of nitrogens with one attached hydrogen (secondary N) is 1. The number of rotatable bonds is 6. The standard InChI is InChI=1S/C23H27N5.C4H5F2NO.C4H10/c1-15(2)11-18-5-6-19(12-16(18)3)23-24-9-7-22(26-23)28-10-8-20(14-28)21-13-25-27-17(21)4;5-4(6)1-7(2-4)3-8;1-3-4-2/h5-7,9,11-13,20H,8,10,14H2,1-4H3,(H,25,27);3H,1-2H2;3-4H2,1-2H3. The first-order valence-electron chi connectivity index (χ1n) is 14.0. The van der Waals surface area contributed by atoms with Crippen LogP contribution in [0.25, 0.3) is 17.5 Å². The maximum atomic E-state index is 11.8. The first-order chi connectivity index (χ1) is 19.1. The van der Waals surface area contributed by atoms with Crippen LogP contribution >= 0.6 is 0 Å². The minimum atomic E-state index is -2.61. The van der Waals surface area contributed by atoms with Crippen LogP contribution in [0.3, 0.4) is 0 Å². The molecule has 4 heterocycles. The number of alkyl halides is 2. The summed E-state index contributed by atoms with van der Waals surface area (Å²) in [5.41, 5.74) is 7.34. The van der Waals surface area contributed by atoms with Crippen LogP contribution in [0.5, 0.6) is 0 Å². The van der Waals surface area contributed by atoms with Gasteiger partial charge in [-0.25, -0.2) is 18.7 Å². The number of amides is 1. The maximum Gasteiger partial charge on any atom is 0.282 e. The molecule has 5 rings (SSSR count). The van der Waals surface area contributed by atoms with Crippen LogP contribution in [-0.2, 0) is 4.79 Å². The Labute approximate surface area is 236 Å². The predicted octanol–water partition coefficient (Wildman–Crippen LogP) is 6.80. The monoisotopic (exact) mass is 552 g/mol. The molecular formula is C31H42F2N6O. The third kappa shape index (κ3) is 8.44. The van der Waals surface area contributed by atoms with Crippen molar-refractivity contribution in [3.8, 4) is 11.4 Å². The van der Waals surface area contributed by atoms with E-state index in [2.05, 4.69) is 85.9 Å². The fraction of sp³-hybridized carbons (Fsp3) is 0.484. The summed E-state index contributed by atoms with van der Waals surface area (Å²) in [5, 5.41) is 7.23. The summed E-state index contributed by atoms with van der Waals surface area (Å²) in [6.07, 6.45) is 10.2. The number of likely N-dealkylation sites (tertiary alicyclic amines) is 1. The molecule has 1 unspecified atom stereocenters. The van der Waals surface area contributed by atoms with Gasteiger partial charge >= 0.3 is 0 Å². The van der Waals surface area contributed by atoms with Crippen molar-refractivity contribution >= 4 is 18.3 Å². The molecule has 0 spiro atoms. The fourth-order valence-corrected chi connectivity index (χ4v) is 4.57. The number of halogens is 2. The lowest BCUT2D eigenvalue weighted by Crippen LogP contribution is -2.55. The van der Waals surface area contributed by atoms with E-state index < -0.39 is 19.0 Å². The lowest BCUT2D eigenvalue weighted by Gasteiger charge is -2.35. The van der Waals surface area contributed by atoms with E-state index in [1.54, 1.807) is 0 Å². The fourth-order valence-electron chi connectivity index (χ4n) is 4.57. The number of aryl methyl sites for hydroxylation is 2. The van der Waals surface area contributed by atoms with Crippen molar-refractivity contribution in [1.82, 2.24) is 25.1 Å². The molecule has 0 radical (unpaired) electrons. The van der Waals surface area contributed by atoms with Crippen LogP contribution in [0.2, 0.25) is 0 Å². The molecule has 216 valence electrons. The number of H-pyrrole nitrogens is 1. The average Bonchev–Trinajstić information content (AvgIpc) is 3.58. The first-order valence-corrected chi connectivity index (χ1v) is 14.0. The number of benzene rings is 1. The summed E-state index contributed by atoms with van der Waals surface area (Å²) in [5.74, 6) is -0.323. The molecule has 3 aromatic rings. The summed E-state index contributed by atoms with van der Waals surface area (Å²) >= 11 is 0. The normalized spacial score (nSPS) is 17.1. The molecule has 1 atom stereocenters. The first kappa shape index (κ1) is 30.9. The molecule has 0 saturated carbocycles. The van der Waals surface area contributed by atoms with Crippen molar-refractivity contribution in [1.29, 1.82) is 0 Å². The van der Waals surface area contributed by atoms with Crippen LogP contribution < -0.4 is 4.90 Å². The van der Waals surface area contributed by atoms with Gasteiger partial charge in [0.2, 0.25) is 6.41 Å². The van der Waals surface area contributed by atoms with Gasteiger partial charge in [0.1, 0.15) is 5.82 Å². The van der Waals surface area contributed by atoms with Crippen LogP contribution in [0.4, 0.5) is 14.6 Å². The molecule has 2 aliphatic rings. The molecule has 1 N–H and O–H groups in total. The van der Waals surface area contributed by atoms with E-state index in [-0.39, 0.29) is 0 Å². The van der Waals surface area contributed by atoms with Gasteiger partial charge in [0.05, 0.1) is 19.3 Å². The quantitative estimate of drug-likeness (QED) is 0.340. The van der Waals surface area contributed by atoms with Gasteiger partial charge in [0, 0.05) is 36.5 Å². The number of allylic oxidation sites excluding steroid dienone is 1. The SMILES string of the molecule is CC(C)=Cc1ccc(-c2nccc(N3CCC(c4cn[nH]c4C)C3)n2)cc1C.CCCC.O=CN1CC(F)(F)C1. The lowest BCUT2D eigenvalue weighted by atomic mass is 10.00. The van der Waals surface area contributed by atoms with Crippen molar-refractivity contribution in [3.05, 3.63) is 64.6 Å². The van der Waals surface area contributed by atoms with Gasteiger partial charge in [-0.05, 0) is 62.9 Å². The van der Waals surface area contributed by atoms with E-state index in [1.165, 1.54) is 40.8 Å². The second kappa shape index (κ2) is 14.1. The van der Waals surface area contributed by atoms with Crippen molar-refractivity contribution in [3.63, 3.8) is 0 Å². The number of hydrogen-bond acceptors (Lipinski definition) is 5. The average molecular weight is 553 g/mol. The summed E-state index contributed by atoms with van der Waals surface area (Å²) in [7, 11) is 0. The van der Waals surface area contributed by atoms with Crippen molar-refractivity contribution in [2.45, 2.75) is 72.6 Å². The highest BCUT2D eigenvalue weighted by Crippen LogP contribution is 2.31. The van der Waals surface area contributed by atoms with Crippen LogP contribution in [-0.4, -0.2) is 63.6 Å². The topological polar surface area (TPSA) is 78.0 Å². The van der Waals surface area contributed by atoms with Gasteiger partial charge < -0.3 is 9.80 Å². The van der Waals surface area contributed by atoms with Crippen LogP contribution in [0.15, 0.2) is 42.2 Å². The molecule has 1 amide bonds. The number of carbonyl (C=O) groups is 1. The molecule has 1 aromatic carbocycles. The number of hydrogen-bond donors (Lipinski definition) is 1. The number of aromatic amines is 1. The molecule has 2 aromatic heterocycles. The Hall–Kier alpha value is -3.62. The van der Waals surface area contributed by atoms with Gasteiger partial charge in [-0.2, -0.15) is 5.10 Å². The molecule has 9 heteroatoms. The summed E-state index contributed by atoms with van der Waals surface area (Å²) in [4.78, 5) is 22.4. The summed E-state index contributed by atoms with van der Waals surface area (Å²) in [6.45, 7) is 14.0. The van der Waals surface area contributed by atoms with Gasteiger partial charge in [-0.1, -0.05) is 50.5 Å². The van der Waals surface area contributed by atoms with Gasteiger partial charge in [0.25, 0.3) is 5.92 Å². The summed E-state index contributed by atoms with van der Waals surface area (Å²) in [6, 6.07) is 8.46. The highest BCUT2D eigenvalue weighted by Gasteiger charge is 2.43. The van der Waals surface area contributed by atoms with E-state index in [0.29, 0.717) is 12.3 Å². The summed E-state index contributed by atoms with van der Waals surface area (Å²) < 4.78 is 23.5. The van der Waals surface area contributed by atoms with Crippen molar-refractivity contribution < 1.29 is 13.6 Å². The van der Waals surface area contributed by atoms with Crippen molar-refractivity contribution in [2.24, 2.45) is 0 Å². The zero-order valence-corrected chi connectivity index (χ0v) is 24.5. The number of carbonyl (C=O) groups excluding carboxylic acids is 1. The van der Waals surface area contributed by atoms with E-state index in [4.69, 9.17) is 4.98 Å². The van der Waals surface area contributed by atoms with Crippen LogP contribution in [0.1, 0.15) is 75.3 Å². The molecule has 2 fully saturated rings. The van der Waals surface area contributed by atoms with Crippen molar-refractivity contribution in [2.75, 3.05) is 31.1 Å². The molecule has 40 heavy (non-hydrogen) atoms. The minimum Gasteiger partial charge on any atom is -0.356 e. The third-order valence-electron chi connectivity index (χ3n) is 6.95. The van der Waals surface area contributed by atoms with E-state index in [1.807, 2.05) is 18.5 Å². The minimum absolute atomic E-state index is 0.406. The Morgan fingerprint density at radius 1 is 1.15 bits per heavy atom.